The highest BCUT2D eigenvalue weighted by molar-refractivity contribution is 5.86. The zero-order valence-electron chi connectivity index (χ0n) is 10.4. The molecule has 0 aromatic rings. The third kappa shape index (κ3) is 5.30. The van der Waals surface area contributed by atoms with Gasteiger partial charge in [-0.1, -0.05) is 0 Å². The van der Waals surface area contributed by atoms with E-state index in [0.29, 0.717) is 6.92 Å². The quantitative estimate of drug-likeness (QED) is 0.457. The maximum absolute atomic E-state index is 12.5. The van der Waals surface area contributed by atoms with Crippen LogP contribution < -0.4 is 16.4 Å². The molecule has 0 aliphatic heterocycles. The molecular weight excluding hydrogens is 287 g/mol. The van der Waals surface area contributed by atoms with Crippen molar-refractivity contribution in [2.45, 2.75) is 18.6 Å². The van der Waals surface area contributed by atoms with Crippen molar-refractivity contribution in [1.29, 1.82) is 0 Å². The van der Waals surface area contributed by atoms with Gasteiger partial charge in [0, 0.05) is 6.54 Å². The lowest BCUT2D eigenvalue weighted by molar-refractivity contribution is -0.203. The van der Waals surface area contributed by atoms with Crippen molar-refractivity contribution in [2.75, 3.05) is 19.8 Å². The number of halogens is 3. The van der Waals surface area contributed by atoms with E-state index in [-0.39, 0.29) is 13.2 Å². The first-order valence-electron chi connectivity index (χ1n) is 5.23. The second-order valence-corrected chi connectivity index (χ2v) is 3.83. The van der Waals surface area contributed by atoms with E-state index in [2.05, 4.69) is 4.74 Å². The fourth-order valence-electron chi connectivity index (χ4n) is 0.926. The molecular formula is C9H14F3N3O5. The standard InChI is InChI=1S/C9H14F3N3O5/c1-8(6(17)18,9(10,11)12)15-7(19)14-2-3-20-4-5(13)16/h2-4H2,1H3,(H2,13,16)(H,17,18)(H2,14,15,19). The predicted molar refractivity (Wildman–Crippen MR) is 58.6 cm³/mol. The van der Waals surface area contributed by atoms with E-state index >= 15 is 0 Å². The molecule has 20 heavy (non-hydrogen) atoms. The number of rotatable bonds is 7. The van der Waals surface area contributed by atoms with Crippen LogP contribution in [0, 0.1) is 0 Å². The molecule has 3 amide bonds. The van der Waals surface area contributed by atoms with Crippen LogP contribution in [0.15, 0.2) is 0 Å². The summed E-state index contributed by atoms with van der Waals surface area (Å²) >= 11 is 0. The van der Waals surface area contributed by atoms with Gasteiger partial charge in [-0.2, -0.15) is 13.2 Å². The fourth-order valence-corrected chi connectivity index (χ4v) is 0.926. The minimum Gasteiger partial charge on any atom is -0.479 e. The van der Waals surface area contributed by atoms with Gasteiger partial charge in [0.2, 0.25) is 11.4 Å². The number of hydrogen-bond donors (Lipinski definition) is 4. The van der Waals surface area contributed by atoms with E-state index in [4.69, 9.17) is 10.8 Å². The summed E-state index contributed by atoms with van der Waals surface area (Å²) < 4.78 is 42.3. The third-order valence-electron chi connectivity index (χ3n) is 2.13. The molecule has 0 aromatic heterocycles. The monoisotopic (exact) mass is 301 g/mol. The number of nitrogens with two attached hydrogens (primary N) is 1. The first kappa shape index (κ1) is 18.0. The molecule has 0 aliphatic rings. The first-order valence-corrected chi connectivity index (χ1v) is 5.23. The number of alkyl halides is 3. The van der Waals surface area contributed by atoms with Gasteiger partial charge < -0.3 is 26.2 Å². The van der Waals surface area contributed by atoms with Crippen molar-refractivity contribution in [3.63, 3.8) is 0 Å². The third-order valence-corrected chi connectivity index (χ3v) is 2.13. The lowest BCUT2D eigenvalue weighted by Crippen LogP contribution is -2.63. The highest BCUT2D eigenvalue weighted by Crippen LogP contribution is 2.30. The van der Waals surface area contributed by atoms with Gasteiger partial charge in [-0.05, 0) is 6.92 Å². The van der Waals surface area contributed by atoms with Crippen molar-refractivity contribution >= 4 is 17.9 Å². The second-order valence-electron chi connectivity index (χ2n) is 3.83. The Kier molecular flexibility index (Phi) is 6.23. The average Bonchev–Trinajstić information content (AvgIpc) is 2.26. The Morgan fingerprint density at radius 3 is 2.25 bits per heavy atom. The second kappa shape index (κ2) is 6.93. The van der Waals surface area contributed by atoms with Gasteiger partial charge in [-0.15, -0.1) is 0 Å². The zero-order chi connectivity index (χ0) is 16.0. The van der Waals surface area contributed by atoms with Crippen LogP contribution in [0.25, 0.3) is 0 Å². The molecule has 1 unspecified atom stereocenters. The number of amides is 3. The molecule has 8 nitrogen and oxygen atoms in total. The number of hydrogen-bond acceptors (Lipinski definition) is 4. The molecule has 0 radical (unpaired) electrons. The van der Waals surface area contributed by atoms with Gasteiger partial charge in [0.05, 0.1) is 6.61 Å². The molecule has 0 saturated heterocycles. The topological polar surface area (TPSA) is 131 Å². The van der Waals surface area contributed by atoms with Crippen molar-refractivity contribution in [2.24, 2.45) is 5.73 Å². The normalized spacial score (nSPS) is 14.2. The Morgan fingerprint density at radius 1 is 1.30 bits per heavy atom. The number of primary amides is 1. The highest BCUT2D eigenvalue weighted by atomic mass is 19.4. The van der Waals surface area contributed by atoms with Gasteiger partial charge in [-0.25, -0.2) is 9.59 Å². The average molecular weight is 301 g/mol. The number of nitrogens with one attached hydrogen (secondary N) is 2. The van der Waals surface area contributed by atoms with E-state index < -0.39 is 36.2 Å². The lowest BCUT2D eigenvalue weighted by Gasteiger charge is -2.28. The summed E-state index contributed by atoms with van der Waals surface area (Å²) in [5.41, 5.74) is 1.33. The Labute approximate surface area is 111 Å². The SMILES string of the molecule is CC(NC(=O)NCCOCC(N)=O)(C(=O)O)C(F)(F)F. The molecule has 116 valence electrons. The predicted octanol–water partition coefficient (Wildman–Crippen LogP) is -0.807. The zero-order valence-corrected chi connectivity index (χ0v) is 10.4. The molecule has 0 rings (SSSR count). The largest absolute Gasteiger partial charge is 0.479 e. The van der Waals surface area contributed by atoms with Crippen LogP contribution in [0.3, 0.4) is 0 Å². The van der Waals surface area contributed by atoms with Gasteiger partial charge >= 0.3 is 18.2 Å². The van der Waals surface area contributed by atoms with E-state index in [1.807, 2.05) is 5.32 Å². The summed E-state index contributed by atoms with van der Waals surface area (Å²) in [6.45, 7) is -0.490. The van der Waals surface area contributed by atoms with Gasteiger partial charge in [-0.3, -0.25) is 4.79 Å². The molecule has 0 fully saturated rings. The molecule has 0 aliphatic carbocycles. The van der Waals surface area contributed by atoms with E-state index in [0.717, 1.165) is 0 Å². The Balaban J connectivity index is 4.30. The summed E-state index contributed by atoms with van der Waals surface area (Å²) in [6.07, 6.45) is -5.17. The number of carbonyl (C=O) groups excluding carboxylic acids is 2. The smallest absolute Gasteiger partial charge is 0.422 e. The van der Waals surface area contributed by atoms with Crippen molar-refractivity contribution in [1.82, 2.24) is 10.6 Å². The van der Waals surface area contributed by atoms with Crippen LogP contribution in [0.2, 0.25) is 0 Å². The number of urea groups is 1. The first-order chi connectivity index (χ1) is 9.00. The van der Waals surface area contributed by atoms with Crippen LogP contribution in [-0.2, 0) is 14.3 Å². The summed E-state index contributed by atoms with van der Waals surface area (Å²) in [5.74, 6) is -2.99. The molecule has 0 saturated carbocycles. The molecule has 0 heterocycles. The van der Waals surface area contributed by atoms with Crippen LogP contribution in [0.5, 0.6) is 0 Å². The number of carboxylic acids is 1. The number of carboxylic acid groups (broad SMARTS) is 1. The van der Waals surface area contributed by atoms with E-state index in [9.17, 15) is 27.6 Å². The van der Waals surface area contributed by atoms with Crippen LogP contribution in [0.1, 0.15) is 6.92 Å². The van der Waals surface area contributed by atoms with Crippen LogP contribution >= 0.6 is 0 Å². The lowest BCUT2D eigenvalue weighted by atomic mass is 10.0. The Hall–Kier alpha value is -2.04. The minimum absolute atomic E-state index is 0.174. The number of aliphatic carboxylic acids is 1. The molecule has 5 N–H and O–H groups in total. The number of ether oxygens (including phenoxy) is 1. The van der Waals surface area contributed by atoms with Gasteiger partial charge in [0.25, 0.3) is 0 Å². The summed E-state index contributed by atoms with van der Waals surface area (Å²) in [5, 5.41) is 11.8. The molecule has 0 aromatic carbocycles. The van der Waals surface area contributed by atoms with E-state index in [1.54, 1.807) is 0 Å². The molecule has 1 atom stereocenters. The van der Waals surface area contributed by atoms with Gasteiger partial charge in [0.1, 0.15) is 6.61 Å². The number of carbonyl (C=O) groups is 3. The maximum atomic E-state index is 12.5. The van der Waals surface area contributed by atoms with Crippen LogP contribution in [-0.4, -0.2) is 54.5 Å². The maximum Gasteiger partial charge on any atom is 0.422 e. The van der Waals surface area contributed by atoms with Crippen molar-refractivity contribution in [3.05, 3.63) is 0 Å². The summed E-state index contributed by atoms with van der Waals surface area (Å²) in [7, 11) is 0. The van der Waals surface area contributed by atoms with Gasteiger partial charge in [0.15, 0.2) is 0 Å². The molecule has 11 heteroatoms. The Bertz CT molecular complexity index is 388. The van der Waals surface area contributed by atoms with Crippen molar-refractivity contribution in [3.8, 4) is 0 Å². The van der Waals surface area contributed by atoms with E-state index in [1.165, 1.54) is 5.32 Å². The summed E-state index contributed by atoms with van der Waals surface area (Å²) in [6, 6.07) is -1.34. The summed E-state index contributed by atoms with van der Waals surface area (Å²) in [4.78, 5) is 32.1. The molecule has 0 bridgehead atoms. The van der Waals surface area contributed by atoms with Crippen LogP contribution in [0.4, 0.5) is 18.0 Å². The minimum atomic E-state index is -5.17. The molecule has 0 spiro atoms. The highest BCUT2D eigenvalue weighted by Gasteiger charge is 2.58. The fraction of sp³-hybridized carbons (Fsp3) is 0.667. The Morgan fingerprint density at radius 2 is 1.85 bits per heavy atom. The van der Waals surface area contributed by atoms with Crippen molar-refractivity contribution < 1.29 is 37.4 Å².